The van der Waals surface area contributed by atoms with Crippen molar-refractivity contribution in [2.24, 2.45) is 7.05 Å². The molecule has 3 aromatic rings. The number of nitrogens with one attached hydrogen (secondary N) is 1. The monoisotopic (exact) mass is 458 g/mol. The molecule has 1 N–H and O–H groups in total. The van der Waals surface area contributed by atoms with Gasteiger partial charge >= 0.3 is 0 Å². The minimum absolute atomic E-state index is 0.194. The van der Waals surface area contributed by atoms with Crippen LogP contribution in [0.5, 0.6) is 0 Å². The summed E-state index contributed by atoms with van der Waals surface area (Å²) in [6.45, 7) is 2.84. The Labute approximate surface area is 187 Å². The van der Waals surface area contributed by atoms with Crippen molar-refractivity contribution in [1.82, 2.24) is 13.9 Å². The molecule has 170 valence electrons. The van der Waals surface area contributed by atoms with Crippen LogP contribution in [0, 0.1) is 12.7 Å². The fourth-order valence-corrected chi connectivity index (χ4v) is 5.61. The first-order chi connectivity index (χ1) is 15.3. The maximum atomic E-state index is 13.2. The van der Waals surface area contributed by atoms with Crippen LogP contribution >= 0.6 is 0 Å². The first-order valence-electron chi connectivity index (χ1n) is 10.8. The second-order valence-corrected chi connectivity index (χ2v) is 10.1. The van der Waals surface area contributed by atoms with Crippen LogP contribution in [0.1, 0.15) is 37.1 Å². The van der Waals surface area contributed by atoms with Gasteiger partial charge in [0.15, 0.2) is 0 Å². The highest BCUT2D eigenvalue weighted by Gasteiger charge is 2.26. The Hall–Kier alpha value is -2.78. The predicted octanol–water partition coefficient (Wildman–Crippen LogP) is 3.77. The van der Waals surface area contributed by atoms with Gasteiger partial charge in [0, 0.05) is 38.7 Å². The highest BCUT2D eigenvalue weighted by atomic mass is 32.2. The van der Waals surface area contributed by atoms with E-state index in [2.05, 4.69) is 10.3 Å². The zero-order valence-corrected chi connectivity index (χ0v) is 19.1. The lowest BCUT2D eigenvalue weighted by atomic mass is 10.2. The van der Waals surface area contributed by atoms with E-state index in [0.717, 1.165) is 24.8 Å². The third-order valence-corrected chi connectivity index (χ3v) is 7.83. The molecule has 0 aliphatic carbocycles. The Morgan fingerprint density at radius 2 is 1.88 bits per heavy atom. The normalized spacial score (nSPS) is 15.2. The number of aromatic nitrogens is 2. The number of anilines is 1. The number of carbonyl (C=O) groups excluding carboxylic acids is 1. The van der Waals surface area contributed by atoms with E-state index in [-0.39, 0.29) is 23.0 Å². The predicted molar refractivity (Wildman–Crippen MR) is 121 cm³/mol. The Morgan fingerprint density at radius 1 is 1.12 bits per heavy atom. The van der Waals surface area contributed by atoms with E-state index < -0.39 is 10.0 Å². The van der Waals surface area contributed by atoms with Crippen LogP contribution in [0.3, 0.4) is 0 Å². The molecule has 1 amide bonds. The number of hydrogen-bond acceptors (Lipinski definition) is 4. The molecule has 1 fully saturated rings. The van der Waals surface area contributed by atoms with Crippen molar-refractivity contribution in [3.05, 3.63) is 53.6 Å². The van der Waals surface area contributed by atoms with Gasteiger partial charge in [0.2, 0.25) is 15.9 Å². The third-order valence-electron chi connectivity index (χ3n) is 5.94. The molecule has 2 aromatic carbocycles. The summed E-state index contributed by atoms with van der Waals surface area (Å²) in [5, 5.41) is 2.80. The fourth-order valence-electron chi connectivity index (χ4n) is 4.07. The number of piperidine rings is 1. The van der Waals surface area contributed by atoms with Gasteiger partial charge in [0.1, 0.15) is 11.6 Å². The van der Waals surface area contributed by atoms with Crippen molar-refractivity contribution in [3.63, 3.8) is 0 Å². The van der Waals surface area contributed by atoms with Gasteiger partial charge in [0.05, 0.1) is 15.9 Å². The standard InChI is InChI=1S/C23H27FN4O3S/c1-16-14-17(24)6-8-19(16)26-23(29)11-10-22-25-20-15-18(7-9-21(20)27(22)2)32(30,31)28-12-4-3-5-13-28/h6-9,14-15H,3-5,10-13H2,1-2H3,(H,26,29). The van der Waals surface area contributed by atoms with Gasteiger partial charge < -0.3 is 9.88 Å². The van der Waals surface area contributed by atoms with Crippen LogP contribution in [0.25, 0.3) is 11.0 Å². The number of benzene rings is 2. The average molecular weight is 459 g/mol. The number of nitrogens with zero attached hydrogens (tertiary/aromatic N) is 3. The average Bonchev–Trinajstić information content (AvgIpc) is 3.10. The van der Waals surface area contributed by atoms with E-state index in [9.17, 15) is 17.6 Å². The Balaban J connectivity index is 1.49. The number of amides is 1. The van der Waals surface area contributed by atoms with Crippen molar-refractivity contribution >= 4 is 32.7 Å². The number of aryl methyl sites for hydroxylation is 3. The van der Waals surface area contributed by atoms with Gasteiger partial charge in [-0.1, -0.05) is 6.42 Å². The smallest absolute Gasteiger partial charge is 0.243 e. The lowest BCUT2D eigenvalue weighted by molar-refractivity contribution is -0.116. The maximum Gasteiger partial charge on any atom is 0.243 e. The van der Waals surface area contributed by atoms with E-state index in [1.54, 1.807) is 35.5 Å². The maximum absolute atomic E-state index is 13.2. The summed E-state index contributed by atoms with van der Waals surface area (Å²) in [4.78, 5) is 17.2. The molecule has 7 nitrogen and oxygen atoms in total. The van der Waals surface area contributed by atoms with Crippen LogP contribution in [0.4, 0.5) is 10.1 Å². The van der Waals surface area contributed by atoms with E-state index >= 15 is 0 Å². The molecule has 32 heavy (non-hydrogen) atoms. The highest BCUT2D eigenvalue weighted by molar-refractivity contribution is 7.89. The number of carbonyl (C=O) groups is 1. The summed E-state index contributed by atoms with van der Waals surface area (Å²) < 4.78 is 42.6. The Bertz CT molecular complexity index is 1260. The summed E-state index contributed by atoms with van der Waals surface area (Å²) >= 11 is 0. The molecule has 1 aliphatic rings. The van der Waals surface area contributed by atoms with Crippen molar-refractivity contribution in [3.8, 4) is 0 Å². The fraction of sp³-hybridized carbons (Fsp3) is 0.391. The molecule has 4 rings (SSSR count). The van der Waals surface area contributed by atoms with Crippen LogP contribution in [0.2, 0.25) is 0 Å². The van der Waals surface area contributed by atoms with E-state index in [4.69, 9.17) is 0 Å². The van der Waals surface area contributed by atoms with Gasteiger partial charge in [-0.15, -0.1) is 0 Å². The van der Waals surface area contributed by atoms with Crippen LogP contribution in [-0.2, 0) is 28.3 Å². The lowest BCUT2D eigenvalue weighted by Gasteiger charge is -2.25. The number of hydrogen-bond donors (Lipinski definition) is 1. The Morgan fingerprint density at radius 3 is 2.59 bits per heavy atom. The number of rotatable bonds is 6. The number of halogens is 1. The minimum atomic E-state index is -3.53. The molecule has 9 heteroatoms. The molecule has 0 radical (unpaired) electrons. The molecule has 0 saturated carbocycles. The largest absolute Gasteiger partial charge is 0.331 e. The molecule has 0 bridgehead atoms. The summed E-state index contributed by atoms with van der Waals surface area (Å²) in [5.41, 5.74) is 2.64. The third kappa shape index (κ3) is 4.54. The molecule has 0 spiro atoms. The number of sulfonamides is 1. The molecule has 1 aromatic heterocycles. The quantitative estimate of drug-likeness (QED) is 0.610. The van der Waals surface area contributed by atoms with E-state index in [1.807, 2.05) is 11.6 Å². The first-order valence-corrected chi connectivity index (χ1v) is 12.2. The summed E-state index contributed by atoms with van der Waals surface area (Å²) in [6, 6.07) is 9.24. The number of imidazole rings is 1. The highest BCUT2D eigenvalue weighted by Crippen LogP contribution is 2.25. The molecular weight excluding hydrogens is 431 g/mol. The molecule has 1 aliphatic heterocycles. The van der Waals surface area contributed by atoms with Gasteiger partial charge in [-0.05, 0) is 61.7 Å². The van der Waals surface area contributed by atoms with Gasteiger partial charge in [-0.25, -0.2) is 17.8 Å². The zero-order valence-electron chi connectivity index (χ0n) is 18.3. The van der Waals surface area contributed by atoms with Gasteiger partial charge in [-0.3, -0.25) is 4.79 Å². The minimum Gasteiger partial charge on any atom is -0.331 e. The second-order valence-electron chi connectivity index (χ2n) is 8.21. The SMILES string of the molecule is Cc1cc(F)ccc1NC(=O)CCc1nc2cc(S(=O)(=O)N3CCCCC3)ccc2n1C. The number of fused-ring (bicyclic) bond motifs is 1. The zero-order chi connectivity index (χ0) is 22.9. The van der Waals surface area contributed by atoms with E-state index in [1.165, 1.54) is 12.1 Å². The molecule has 2 heterocycles. The lowest BCUT2D eigenvalue weighted by Crippen LogP contribution is -2.35. The topological polar surface area (TPSA) is 84.3 Å². The molecule has 0 atom stereocenters. The second kappa shape index (κ2) is 8.99. The summed E-state index contributed by atoms with van der Waals surface area (Å²) in [5.74, 6) is 0.153. The van der Waals surface area contributed by atoms with Crippen molar-refractivity contribution in [2.45, 2.75) is 43.9 Å². The van der Waals surface area contributed by atoms with Crippen LogP contribution in [0.15, 0.2) is 41.3 Å². The summed E-state index contributed by atoms with van der Waals surface area (Å²) in [7, 11) is -1.68. The van der Waals surface area contributed by atoms with Crippen molar-refractivity contribution < 1.29 is 17.6 Å². The van der Waals surface area contributed by atoms with E-state index in [0.29, 0.717) is 42.1 Å². The molecular formula is C23H27FN4O3S. The summed E-state index contributed by atoms with van der Waals surface area (Å²) in [6.07, 6.45) is 3.42. The van der Waals surface area contributed by atoms with Crippen LogP contribution in [-0.4, -0.2) is 41.3 Å². The van der Waals surface area contributed by atoms with Crippen molar-refractivity contribution in [2.75, 3.05) is 18.4 Å². The van der Waals surface area contributed by atoms with Crippen LogP contribution < -0.4 is 5.32 Å². The van der Waals surface area contributed by atoms with Crippen molar-refractivity contribution in [1.29, 1.82) is 0 Å². The van der Waals surface area contributed by atoms with Gasteiger partial charge in [-0.2, -0.15) is 4.31 Å². The Kier molecular flexibility index (Phi) is 6.30. The first kappa shape index (κ1) is 22.4. The molecule has 1 saturated heterocycles. The van der Waals surface area contributed by atoms with Gasteiger partial charge in [0.25, 0.3) is 0 Å². The molecule has 0 unspecified atom stereocenters.